The first kappa shape index (κ1) is 11.5. The molecule has 0 spiro atoms. The molecule has 2 rings (SSSR count). The predicted octanol–water partition coefficient (Wildman–Crippen LogP) is 1.41. The van der Waals surface area contributed by atoms with Crippen molar-refractivity contribution >= 4 is 5.95 Å². The van der Waals surface area contributed by atoms with Crippen LogP contribution in [0.2, 0.25) is 0 Å². The molecule has 4 heteroatoms. The highest BCUT2D eigenvalue weighted by Gasteiger charge is 2.16. The number of aryl methyl sites for hydroxylation is 1. The number of piperidine rings is 1. The van der Waals surface area contributed by atoms with E-state index in [0.717, 1.165) is 37.9 Å². The number of aromatic nitrogens is 2. The molecule has 0 atom stereocenters. The first-order valence-electron chi connectivity index (χ1n) is 6.25. The molecule has 0 bridgehead atoms. The summed E-state index contributed by atoms with van der Waals surface area (Å²) in [5.74, 6) is 1.82. The van der Waals surface area contributed by atoms with Gasteiger partial charge in [-0.05, 0) is 38.3 Å². The lowest BCUT2D eigenvalue weighted by Gasteiger charge is -2.27. The number of H-pyrrole nitrogens is 1. The summed E-state index contributed by atoms with van der Waals surface area (Å²) in [6.07, 6.45) is 5.53. The molecule has 1 aromatic rings. The highest BCUT2D eigenvalue weighted by Crippen LogP contribution is 2.16. The van der Waals surface area contributed by atoms with Gasteiger partial charge in [0.2, 0.25) is 5.95 Å². The van der Waals surface area contributed by atoms with Gasteiger partial charge in [-0.25, -0.2) is 4.98 Å². The zero-order valence-corrected chi connectivity index (χ0v) is 10.3. The van der Waals surface area contributed by atoms with Crippen LogP contribution in [0.3, 0.4) is 0 Å². The summed E-state index contributed by atoms with van der Waals surface area (Å²) < 4.78 is 0. The summed E-state index contributed by atoms with van der Waals surface area (Å²) in [5, 5.41) is 3.40. The normalized spacial score (nSPS) is 17.6. The van der Waals surface area contributed by atoms with E-state index >= 15 is 0 Å². The smallest absolute Gasteiger partial charge is 0.202 e. The molecule has 1 aliphatic heterocycles. The minimum absolute atomic E-state index is 0.807. The summed E-state index contributed by atoms with van der Waals surface area (Å²) in [6, 6.07) is 0. The summed E-state index contributed by atoms with van der Waals surface area (Å²) >= 11 is 0. The third kappa shape index (κ3) is 2.76. The first-order chi connectivity index (χ1) is 7.79. The first-order valence-corrected chi connectivity index (χ1v) is 6.25. The van der Waals surface area contributed by atoms with Crippen molar-refractivity contribution in [3.8, 4) is 0 Å². The lowest BCUT2D eigenvalue weighted by molar-refractivity contribution is 0.377. The van der Waals surface area contributed by atoms with Crippen LogP contribution < -0.4 is 10.2 Å². The number of nitrogens with zero attached hydrogens (tertiary/aromatic N) is 2. The largest absolute Gasteiger partial charge is 0.345 e. The maximum absolute atomic E-state index is 4.41. The highest BCUT2D eigenvalue weighted by atomic mass is 15.2. The van der Waals surface area contributed by atoms with Gasteiger partial charge in [0, 0.05) is 19.3 Å². The quantitative estimate of drug-likeness (QED) is 0.809. The summed E-state index contributed by atoms with van der Waals surface area (Å²) in [6.45, 7) is 5.58. The minimum atomic E-state index is 0.807. The number of hydrogen-bond acceptors (Lipinski definition) is 3. The van der Waals surface area contributed by atoms with Gasteiger partial charge in [0.1, 0.15) is 0 Å². The van der Waals surface area contributed by atoms with Crippen molar-refractivity contribution in [2.75, 3.05) is 31.6 Å². The third-order valence-electron chi connectivity index (χ3n) is 3.35. The van der Waals surface area contributed by atoms with E-state index in [0.29, 0.717) is 0 Å². The second kappa shape index (κ2) is 5.34. The molecule has 0 unspecified atom stereocenters. The number of nitrogens with one attached hydrogen (secondary N) is 2. The molecule has 2 heterocycles. The molecule has 0 amide bonds. The van der Waals surface area contributed by atoms with Gasteiger partial charge in [-0.1, -0.05) is 6.92 Å². The van der Waals surface area contributed by atoms with Crippen LogP contribution in [-0.4, -0.2) is 36.6 Å². The average molecular weight is 222 g/mol. The summed E-state index contributed by atoms with van der Waals surface area (Å²) in [5.41, 5.74) is 1.21. The van der Waals surface area contributed by atoms with Gasteiger partial charge >= 0.3 is 0 Å². The van der Waals surface area contributed by atoms with Crippen molar-refractivity contribution < 1.29 is 0 Å². The van der Waals surface area contributed by atoms with E-state index in [-0.39, 0.29) is 0 Å². The Labute approximate surface area is 97.4 Å². The van der Waals surface area contributed by atoms with Crippen LogP contribution in [0.1, 0.15) is 25.5 Å². The molecule has 2 N–H and O–H groups in total. The van der Waals surface area contributed by atoms with Gasteiger partial charge in [-0.15, -0.1) is 0 Å². The van der Waals surface area contributed by atoms with E-state index in [1.54, 1.807) is 0 Å². The van der Waals surface area contributed by atoms with E-state index in [2.05, 4.69) is 34.2 Å². The van der Waals surface area contributed by atoms with Gasteiger partial charge in [0.25, 0.3) is 0 Å². The molecule has 0 saturated carbocycles. The standard InChI is InChI=1S/C12H22N4/c1-3-11-8-14-12(15-11)16(2)9-10-4-6-13-7-5-10/h8,10,13H,3-7,9H2,1-2H3,(H,14,15). The average Bonchev–Trinajstić information content (AvgIpc) is 2.79. The minimum Gasteiger partial charge on any atom is -0.345 e. The summed E-state index contributed by atoms with van der Waals surface area (Å²) in [4.78, 5) is 10.0. The number of hydrogen-bond donors (Lipinski definition) is 2. The maximum atomic E-state index is 4.41. The van der Waals surface area contributed by atoms with Gasteiger partial charge in [0.15, 0.2) is 0 Å². The van der Waals surface area contributed by atoms with E-state index in [1.165, 1.54) is 18.5 Å². The monoisotopic (exact) mass is 222 g/mol. The fourth-order valence-electron chi connectivity index (χ4n) is 2.26. The van der Waals surface area contributed by atoms with Crippen LogP contribution in [0.25, 0.3) is 0 Å². The molecule has 1 fully saturated rings. The van der Waals surface area contributed by atoms with Gasteiger partial charge < -0.3 is 15.2 Å². The van der Waals surface area contributed by atoms with Crippen molar-refractivity contribution in [1.82, 2.24) is 15.3 Å². The molecule has 4 nitrogen and oxygen atoms in total. The predicted molar refractivity (Wildman–Crippen MR) is 66.8 cm³/mol. The Kier molecular flexibility index (Phi) is 3.83. The fraction of sp³-hybridized carbons (Fsp3) is 0.750. The molecule has 0 aliphatic carbocycles. The van der Waals surface area contributed by atoms with Crippen LogP contribution in [0.4, 0.5) is 5.95 Å². The Morgan fingerprint density at radius 2 is 2.19 bits per heavy atom. The third-order valence-corrected chi connectivity index (χ3v) is 3.35. The molecule has 1 aliphatic rings. The Bertz CT molecular complexity index is 315. The fourth-order valence-corrected chi connectivity index (χ4v) is 2.26. The van der Waals surface area contributed by atoms with Gasteiger partial charge in [-0.2, -0.15) is 0 Å². The van der Waals surface area contributed by atoms with E-state index in [1.807, 2.05) is 6.20 Å². The van der Waals surface area contributed by atoms with Crippen molar-refractivity contribution in [1.29, 1.82) is 0 Å². The van der Waals surface area contributed by atoms with Crippen LogP contribution >= 0.6 is 0 Å². The highest BCUT2D eigenvalue weighted by molar-refractivity contribution is 5.29. The van der Waals surface area contributed by atoms with E-state index in [4.69, 9.17) is 0 Å². The van der Waals surface area contributed by atoms with Crippen LogP contribution in [-0.2, 0) is 6.42 Å². The van der Waals surface area contributed by atoms with Crippen molar-refractivity contribution in [3.63, 3.8) is 0 Å². The maximum Gasteiger partial charge on any atom is 0.202 e. The van der Waals surface area contributed by atoms with Crippen LogP contribution in [0, 0.1) is 5.92 Å². The zero-order valence-electron chi connectivity index (χ0n) is 10.3. The van der Waals surface area contributed by atoms with Crippen molar-refractivity contribution in [3.05, 3.63) is 11.9 Å². The number of rotatable bonds is 4. The van der Waals surface area contributed by atoms with Crippen molar-refractivity contribution in [2.45, 2.75) is 26.2 Å². The Hall–Kier alpha value is -1.03. The Balaban J connectivity index is 1.88. The van der Waals surface area contributed by atoms with E-state index in [9.17, 15) is 0 Å². The van der Waals surface area contributed by atoms with E-state index < -0.39 is 0 Å². The molecule has 0 radical (unpaired) electrons. The molecule has 1 aromatic heterocycles. The van der Waals surface area contributed by atoms with Gasteiger partial charge in [-0.3, -0.25) is 0 Å². The lowest BCUT2D eigenvalue weighted by Crippen LogP contribution is -2.34. The molecule has 1 saturated heterocycles. The SMILES string of the molecule is CCc1cnc(N(C)CC2CCNCC2)[nH]1. The number of imidazole rings is 1. The molecule has 90 valence electrons. The molecular weight excluding hydrogens is 200 g/mol. The molecular formula is C12H22N4. The Morgan fingerprint density at radius 1 is 1.44 bits per heavy atom. The summed E-state index contributed by atoms with van der Waals surface area (Å²) in [7, 11) is 2.13. The number of aromatic amines is 1. The molecule has 16 heavy (non-hydrogen) atoms. The molecule has 0 aromatic carbocycles. The Morgan fingerprint density at radius 3 is 2.81 bits per heavy atom. The topological polar surface area (TPSA) is 44.0 Å². The van der Waals surface area contributed by atoms with Crippen LogP contribution in [0.5, 0.6) is 0 Å². The number of anilines is 1. The zero-order chi connectivity index (χ0) is 11.4. The van der Waals surface area contributed by atoms with Crippen LogP contribution in [0.15, 0.2) is 6.20 Å². The lowest BCUT2D eigenvalue weighted by atomic mass is 9.98. The second-order valence-electron chi connectivity index (χ2n) is 4.66. The van der Waals surface area contributed by atoms with Crippen molar-refractivity contribution in [2.24, 2.45) is 5.92 Å². The second-order valence-corrected chi connectivity index (χ2v) is 4.66. The van der Waals surface area contributed by atoms with Gasteiger partial charge in [0.05, 0.1) is 6.20 Å².